The van der Waals surface area contributed by atoms with Crippen molar-refractivity contribution in [3.63, 3.8) is 0 Å². The van der Waals surface area contributed by atoms with Crippen LogP contribution in [0.25, 0.3) is 0 Å². The number of rotatable bonds is 3. The largest absolute Gasteiger partial charge is 0.494 e. The maximum Gasteiger partial charge on any atom is 0.184 e. The van der Waals surface area contributed by atoms with E-state index in [4.69, 9.17) is 10.00 Å². The minimum Gasteiger partial charge on any atom is -0.494 e. The van der Waals surface area contributed by atoms with Gasteiger partial charge in [0.05, 0.1) is 19.1 Å². The van der Waals surface area contributed by atoms with Gasteiger partial charge in [-0.2, -0.15) is 5.26 Å². The number of aliphatic imine (C=N–C) groups is 1. The maximum absolute atomic E-state index is 13.6. The lowest BCUT2D eigenvalue weighted by Gasteiger charge is -2.06. The lowest BCUT2D eigenvalue weighted by Crippen LogP contribution is -2.07. The Morgan fingerprint density at radius 3 is 2.69 bits per heavy atom. The fourth-order valence-corrected chi connectivity index (χ4v) is 1.10. The van der Waals surface area contributed by atoms with Crippen LogP contribution < -0.4 is 4.74 Å². The van der Waals surface area contributed by atoms with Crippen molar-refractivity contribution in [2.45, 2.75) is 0 Å². The van der Waals surface area contributed by atoms with Gasteiger partial charge in [0.2, 0.25) is 0 Å². The molecule has 5 heteroatoms. The van der Waals surface area contributed by atoms with Crippen LogP contribution in [-0.2, 0) is 0 Å². The summed E-state index contributed by atoms with van der Waals surface area (Å²) in [6.07, 6.45) is 1.50. The molecule has 0 amide bonds. The second-order valence-corrected chi connectivity index (χ2v) is 3.30. The van der Waals surface area contributed by atoms with E-state index in [0.717, 1.165) is 0 Å². The molecule has 1 rings (SSSR count). The van der Waals surface area contributed by atoms with E-state index in [1.807, 2.05) is 0 Å². The second kappa shape index (κ2) is 5.12. The summed E-state index contributed by atoms with van der Waals surface area (Å²) in [5, 5.41) is 8.85. The SMILES string of the molecule is COc1ccc(/N=C/N(C)C)c(C#N)c1F. The van der Waals surface area contributed by atoms with Gasteiger partial charge in [0.25, 0.3) is 0 Å². The van der Waals surface area contributed by atoms with Gasteiger partial charge in [-0.15, -0.1) is 0 Å². The van der Waals surface area contributed by atoms with E-state index < -0.39 is 5.82 Å². The number of benzene rings is 1. The first kappa shape index (κ1) is 12.0. The van der Waals surface area contributed by atoms with Gasteiger partial charge in [-0.25, -0.2) is 9.38 Å². The van der Waals surface area contributed by atoms with E-state index in [9.17, 15) is 4.39 Å². The van der Waals surface area contributed by atoms with Gasteiger partial charge in [0.15, 0.2) is 11.6 Å². The topological polar surface area (TPSA) is 48.6 Å². The van der Waals surface area contributed by atoms with Gasteiger partial charge in [-0.05, 0) is 12.1 Å². The quantitative estimate of drug-likeness (QED) is 0.578. The zero-order valence-corrected chi connectivity index (χ0v) is 9.36. The van der Waals surface area contributed by atoms with Crippen molar-refractivity contribution in [2.24, 2.45) is 4.99 Å². The number of nitriles is 1. The fraction of sp³-hybridized carbons (Fsp3) is 0.273. The zero-order chi connectivity index (χ0) is 12.1. The highest BCUT2D eigenvalue weighted by Gasteiger charge is 2.12. The summed E-state index contributed by atoms with van der Waals surface area (Å²) in [6.45, 7) is 0. The van der Waals surface area contributed by atoms with E-state index in [-0.39, 0.29) is 17.0 Å². The van der Waals surface area contributed by atoms with Gasteiger partial charge in [0.1, 0.15) is 11.6 Å². The van der Waals surface area contributed by atoms with Gasteiger partial charge >= 0.3 is 0 Å². The molecule has 0 radical (unpaired) electrons. The van der Waals surface area contributed by atoms with Crippen molar-refractivity contribution in [2.75, 3.05) is 21.2 Å². The highest BCUT2D eigenvalue weighted by Crippen LogP contribution is 2.28. The van der Waals surface area contributed by atoms with Crippen LogP contribution in [0.4, 0.5) is 10.1 Å². The highest BCUT2D eigenvalue weighted by molar-refractivity contribution is 5.66. The van der Waals surface area contributed by atoms with Crippen molar-refractivity contribution < 1.29 is 9.13 Å². The lowest BCUT2D eigenvalue weighted by atomic mass is 10.1. The normalized spacial score (nSPS) is 10.2. The third-order valence-electron chi connectivity index (χ3n) is 1.84. The molecule has 1 aromatic rings. The molecular weight excluding hydrogens is 209 g/mol. The number of ether oxygens (including phenoxy) is 1. The predicted molar refractivity (Wildman–Crippen MR) is 59.5 cm³/mol. The highest BCUT2D eigenvalue weighted by atomic mass is 19.1. The molecule has 0 aromatic heterocycles. The molecule has 0 fully saturated rings. The van der Waals surface area contributed by atoms with Crippen LogP contribution >= 0.6 is 0 Å². The zero-order valence-electron chi connectivity index (χ0n) is 9.36. The number of hydrogen-bond donors (Lipinski definition) is 0. The average molecular weight is 221 g/mol. The summed E-state index contributed by atoms with van der Waals surface area (Å²) in [7, 11) is 4.92. The van der Waals surface area contributed by atoms with Gasteiger partial charge in [0, 0.05) is 14.1 Å². The smallest absolute Gasteiger partial charge is 0.184 e. The van der Waals surface area contributed by atoms with E-state index in [0.29, 0.717) is 0 Å². The van der Waals surface area contributed by atoms with Gasteiger partial charge in [-0.1, -0.05) is 0 Å². The molecular formula is C11H12FN3O. The number of hydrogen-bond acceptors (Lipinski definition) is 3. The molecule has 0 saturated carbocycles. The van der Waals surface area contributed by atoms with Crippen LogP contribution in [0.15, 0.2) is 17.1 Å². The fourth-order valence-electron chi connectivity index (χ4n) is 1.10. The summed E-state index contributed by atoms with van der Waals surface area (Å²) in [6, 6.07) is 4.76. The summed E-state index contributed by atoms with van der Waals surface area (Å²) >= 11 is 0. The third-order valence-corrected chi connectivity index (χ3v) is 1.84. The van der Waals surface area contributed by atoms with Crippen molar-refractivity contribution in [1.82, 2.24) is 4.90 Å². The molecule has 84 valence electrons. The maximum atomic E-state index is 13.6. The molecule has 0 bridgehead atoms. The number of nitrogens with zero attached hydrogens (tertiary/aromatic N) is 3. The Hall–Kier alpha value is -2.09. The summed E-state index contributed by atoms with van der Waals surface area (Å²) < 4.78 is 18.4. The molecule has 0 atom stereocenters. The molecule has 0 spiro atoms. The Kier molecular flexibility index (Phi) is 3.84. The van der Waals surface area contributed by atoms with Crippen molar-refractivity contribution in [3.05, 3.63) is 23.5 Å². The molecule has 0 aliphatic carbocycles. The van der Waals surface area contributed by atoms with Crippen LogP contribution in [0.5, 0.6) is 5.75 Å². The van der Waals surface area contributed by atoms with E-state index in [1.165, 1.54) is 19.5 Å². The van der Waals surface area contributed by atoms with Crippen molar-refractivity contribution in [3.8, 4) is 11.8 Å². The molecule has 4 nitrogen and oxygen atoms in total. The standard InChI is InChI=1S/C11H12FN3O/c1-15(2)7-14-9-4-5-10(16-3)11(12)8(9)6-13/h4-5,7H,1-3H3/b14-7+. The first-order valence-electron chi connectivity index (χ1n) is 4.57. The Labute approximate surface area is 93.6 Å². The van der Waals surface area contributed by atoms with E-state index in [1.54, 1.807) is 31.1 Å². The average Bonchev–Trinajstić information content (AvgIpc) is 2.26. The number of methoxy groups -OCH3 is 1. The molecule has 16 heavy (non-hydrogen) atoms. The van der Waals surface area contributed by atoms with Gasteiger partial charge < -0.3 is 9.64 Å². The van der Waals surface area contributed by atoms with Crippen LogP contribution in [0.2, 0.25) is 0 Å². The Morgan fingerprint density at radius 1 is 1.50 bits per heavy atom. The summed E-state index contributed by atoms with van der Waals surface area (Å²) in [5.41, 5.74) is 0.173. The lowest BCUT2D eigenvalue weighted by molar-refractivity contribution is 0.386. The molecule has 1 aromatic carbocycles. The Morgan fingerprint density at radius 2 is 2.19 bits per heavy atom. The molecule has 0 N–H and O–H groups in total. The minimum atomic E-state index is -0.682. The van der Waals surface area contributed by atoms with Crippen molar-refractivity contribution >= 4 is 12.0 Å². The third kappa shape index (κ3) is 2.48. The summed E-state index contributed by atoms with van der Waals surface area (Å²) in [5.74, 6) is -0.640. The molecule has 0 saturated heterocycles. The Bertz CT molecular complexity index is 449. The summed E-state index contributed by atoms with van der Waals surface area (Å²) in [4.78, 5) is 5.69. The second-order valence-electron chi connectivity index (χ2n) is 3.30. The predicted octanol–water partition coefficient (Wildman–Crippen LogP) is 1.93. The van der Waals surface area contributed by atoms with Crippen LogP contribution in [-0.4, -0.2) is 32.4 Å². The van der Waals surface area contributed by atoms with E-state index >= 15 is 0 Å². The van der Waals surface area contributed by atoms with E-state index in [2.05, 4.69) is 4.99 Å². The number of halogens is 1. The van der Waals surface area contributed by atoms with Crippen LogP contribution in [0.3, 0.4) is 0 Å². The van der Waals surface area contributed by atoms with Crippen molar-refractivity contribution in [1.29, 1.82) is 5.26 Å². The Balaban J connectivity index is 3.22. The first-order chi connectivity index (χ1) is 7.60. The molecule has 0 heterocycles. The molecule has 0 unspecified atom stereocenters. The van der Waals surface area contributed by atoms with Crippen LogP contribution in [0.1, 0.15) is 5.56 Å². The first-order valence-corrected chi connectivity index (χ1v) is 4.57. The molecule has 0 aliphatic rings. The monoisotopic (exact) mass is 221 g/mol. The van der Waals surface area contributed by atoms with Gasteiger partial charge in [-0.3, -0.25) is 0 Å². The van der Waals surface area contributed by atoms with Crippen LogP contribution in [0, 0.1) is 17.1 Å². The molecule has 0 aliphatic heterocycles. The minimum absolute atomic E-state index is 0.0420.